The first-order chi connectivity index (χ1) is 9.95. The van der Waals surface area contributed by atoms with Crippen LogP contribution in [0.5, 0.6) is 0 Å². The Bertz CT molecular complexity index is 128. The highest BCUT2D eigenvalue weighted by Gasteiger charge is 1.92. The number of nitrogens with zero attached hydrogens (tertiary/aromatic N) is 1. The zero-order valence-electron chi connectivity index (χ0n) is 16.3. The standard InChI is InChI=1S/C10H22.C4H11NS.C2H6S.C2H6/c1-4-5-6-7-8-9-10(2)3;1-5(2)3-4-6;1-2-3;1-2/h10H,4-9H2,1-3H3;6H,3-4H2,1-2H3;3H,2H2,1H3;1-2H3. The maximum absolute atomic E-state index is 4.02. The van der Waals surface area contributed by atoms with Gasteiger partial charge in [-0.2, -0.15) is 25.3 Å². The van der Waals surface area contributed by atoms with Gasteiger partial charge in [-0.15, -0.1) is 0 Å². The molecule has 1 nitrogen and oxygen atoms in total. The van der Waals surface area contributed by atoms with E-state index < -0.39 is 0 Å². The highest BCUT2D eigenvalue weighted by atomic mass is 32.1. The Kier molecular flexibility index (Phi) is 46.0. The van der Waals surface area contributed by atoms with Gasteiger partial charge in [0.1, 0.15) is 0 Å². The average molecular weight is 340 g/mol. The molecule has 0 rings (SSSR count). The molecule has 0 saturated carbocycles. The average Bonchev–Trinajstić information content (AvgIpc) is 2.42. The van der Waals surface area contributed by atoms with E-state index in [1.54, 1.807) is 0 Å². The Hall–Kier alpha value is 0.660. The van der Waals surface area contributed by atoms with Crippen LogP contribution < -0.4 is 0 Å². The molecule has 0 aromatic carbocycles. The van der Waals surface area contributed by atoms with Crippen molar-refractivity contribution in [3.05, 3.63) is 0 Å². The zero-order valence-corrected chi connectivity index (χ0v) is 18.1. The van der Waals surface area contributed by atoms with Crippen molar-refractivity contribution < 1.29 is 0 Å². The minimum Gasteiger partial charge on any atom is -0.309 e. The van der Waals surface area contributed by atoms with Crippen LogP contribution in [-0.2, 0) is 0 Å². The Balaban J connectivity index is -0.000000112. The van der Waals surface area contributed by atoms with Gasteiger partial charge in [-0.25, -0.2) is 0 Å². The maximum Gasteiger partial charge on any atom is 0.00637 e. The smallest absolute Gasteiger partial charge is 0.00637 e. The van der Waals surface area contributed by atoms with Crippen molar-refractivity contribution in [3.8, 4) is 0 Å². The highest BCUT2D eigenvalue weighted by Crippen LogP contribution is 2.09. The lowest BCUT2D eigenvalue weighted by Crippen LogP contribution is -2.13. The van der Waals surface area contributed by atoms with Gasteiger partial charge in [0.2, 0.25) is 0 Å². The predicted molar refractivity (Wildman–Crippen MR) is 111 cm³/mol. The third kappa shape index (κ3) is 63.3. The summed E-state index contributed by atoms with van der Waals surface area (Å²) in [5.74, 6) is 2.80. The number of unbranched alkanes of at least 4 members (excludes halogenated alkanes) is 4. The maximum atomic E-state index is 4.02. The third-order valence-electron chi connectivity index (χ3n) is 2.43. The quantitative estimate of drug-likeness (QED) is 0.380. The lowest BCUT2D eigenvalue weighted by Gasteiger charge is -2.03. The van der Waals surface area contributed by atoms with E-state index in [2.05, 4.69) is 50.9 Å². The van der Waals surface area contributed by atoms with Crippen molar-refractivity contribution in [1.29, 1.82) is 0 Å². The monoisotopic (exact) mass is 339 g/mol. The van der Waals surface area contributed by atoms with Crippen molar-refractivity contribution in [1.82, 2.24) is 4.90 Å². The molecule has 0 amide bonds. The molecule has 0 N–H and O–H groups in total. The Morgan fingerprint density at radius 1 is 0.857 bits per heavy atom. The van der Waals surface area contributed by atoms with Crippen LogP contribution in [-0.4, -0.2) is 37.0 Å². The van der Waals surface area contributed by atoms with E-state index in [4.69, 9.17) is 0 Å². The van der Waals surface area contributed by atoms with Crippen LogP contribution >= 0.6 is 25.3 Å². The molecular weight excluding hydrogens is 294 g/mol. The van der Waals surface area contributed by atoms with Gasteiger partial charge < -0.3 is 4.90 Å². The van der Waals surface area contributed by atoms with E-state index in [9.17, 15) is 0 Å². The van der Waals surface area contributed by atoms with E-state index in [1.165, 1.54) is 38.5 Å². The van der Waals surface area contributed by atoms with Crippen LogP contribution in [0.1, 0.15) is 80.1 Å². The van der Waals surface area contributed by atoms with E-state index >= 15 is 0 Å². The van der Waals surface area contributed by atoms with Crippen LogP contribution in [0.25, 0.3) is 0 Å². The van der Waals surface area contributed by atoms with Gasteiger partial charge in [0.25, 0.3) is 0 Å². The minimum atomic E-state index is 0.904. The summed E-state index contributed by atoms with van der Waals surface area (Å²) in [6, 6.07) is 0. The Morgan fingerprint density at radius 2 is 1.29 bits per heavy atom. The van der Waals surface area contributed by atoms with E-state index in [0.717, 1.165) is 24.0 Å². The van der Waals surface area contributed by atoms with Crippen LogP contribution in [0.4, 0.5) is 0 Å². The fourth-order valence-electron chi connectivity index (χ4n) is 1.36. The van der Waals surface area contributed by atoms with Crippen molar-refractivity contribution in [3.63, 3.8) is 0 Å². The second-order valence-electron chi connectivity index (χ2n) is 5.44. The first-order valence-electron chi connectivity index (χ1n) is 8.82. The fraction of sp³-hybridized carbons (Fsp3) is 1.00. The summed E-state index contributed by atoms with van der Waals surface area (Å²) in [6.07, 6.45) is 8.55. The molecule has 0 aromatic rings. The Morgan fingerprint density at radius 3 is 1.52 bits per heavy atom. The molecule has 21 heavy (non-hydrogen) atoms. The molecule has 0 aromatic heterocycles. The first-order valence-corrected chi connectivity index (χ1v) is 10.1. The second kappa shape index (κ2) is 32.6. The second-order valence-corrected chi connectivity index (χ2v) is 6.52. The molecule has 0 aliphatic carbocycles. The van der Waals surface area contributed by atoms with E-state index in [-0.39, 0.29) is 0 Å². The molecule has 0 saturated heterocycles. The van der Waals surface area contributed by atoms with Gasteiger partial charge in [-0.1, -0.05) is 80.1 Å². The largest absolute Gasteiger partial charge is 0.309 e. The third-order valence-corrected chi connectivity index (χ3v) is 2.63. The number of thiol groups is 2. The molecule has 0 aliphatic heterocycles. The van der Waals surface area contributed by atoms with E-state index in [1.807, 2.05) is 34.9 Å². The summed E-state index contributed by atoms with van der Waals surface area (Å²) >= 11 is 7.81. The Labute approximate surface area is 148 Å². The van der Waals surface area contributed by atoms with Gasteiger partial charge in [0, 0.05) is 12.3 Å². The summed E-state index contributed by atoms with van der Waals surface area (Å²) in [5, 5.41) is 0. The SMILES string of the molecule is CC.CCCCCCCC(C)C.CCS.CN(C)CCS. The van der Waals surface area contributed by atoms with Crippen molar-refractivity contribution in [2.75, 3.05) is 32.1 Å². The topological polar surface area (TPSA) is 3.24 Å². The van der Waals surface area contributed by atoms with E-state index in [0.29, 0.717) is 0 Å². The summed E-state index contributed by atoms with van der Waals surface area (Å²) in [7, 11) is 4.08. The lowest BCUT2D eigenvalue weighted by molar-refractivity contribution is 0.438. The molecule has 0 radical (unpaired) electrons. The van der Waals surface area contributed by atoms with Crippen LogP contribution in [0.15, 0.2) is 0 Å². The molecule has 0 spiro atoms. The molecule has 0 bridgehead atoms. The molecule has 134 valence electrons. The summed E-state index contributed by atoms with van der Waals surface area (Å²) < 4.78 is 0. The molecule has 0 unspecified atom stereocenters. The fourth-order valence-corrected chi connectivity index (χ4v) is 1.76. The predicted octanol–water partition coefficient (Wildman–Crippen LogP) is 6.44. The van der Waals surface area contributed by atoms with Gasteiger partial charge in [0.15, 0.2) is 0 Å². The molecular formula is C18H45NS2. The molecule has 3 heteroatoms. The molecule has 0 heterocycles. The summed E-state index contributed by atoms with van der Waals surface area (Å²) in [5.41, 5.74) is 0. The summed E-state index contributed by atoms with van der Waals surface area (Å²) in [4.78, 5) is 2.10. The normalized spacial score (nSPS) is 9.14. The zero-order chi connectivity index (χ0) is 17.5. The van der Waals surface area contributed by atoms with Crippen molar-refractivity contribution in [2.24, 2.45) is 5.92 Å². The van der Waals surface area contributed by atoms with Gasteiger partial charge in [-0.05, 0) is 25.8 Å². The minimum absolute atomic E-state index is 0.904. The van der Waals surface area contributed by atoms with Gasteiger partial charge in [0.05, 0.1) is 0 Å². The summed E-state index contributed by atoms with van der Waals surface area (Å²) in [6.45, 7) is 13.9. The number of rotatable bonds is 8. The van der Waals surface area contributed by atoms with Crippen LogP contribution in [0.3, 0.4) is 0 Å². The molecule has 0 aliphatic rings. The molecule has 0 fully saturated rings. The van der Waals surface area contributed by atoms with Crippen molar-refractivity contribution in [2.45, 2.75) is 80.1 Å². The first kappa shape index (κ1) is 29.6. The van der Waals surface area contributed by atoms with Gasteiger partial charge >= 0.3 is 0 Å². The van der Waals surface area contributed by atoms with Crippen LogP contribution in [0.2, 0.25) is 0 Å². The molecule has 0 atom stereocenters. The van der Waals surface area contributed by atoms with Crippen molar-refractivity contribution >= 4 is 25.3 Å². The highest BCUT2D eigenvalue weighted by molar-refractivity contribution is 7.80. The number of hydrogen-bond donors (Lipinski definition) is 2. The lowest BCUT2D eigenvalue weighted by atomic mass is 10.0. The van der Waals surface area contributed by atoms with Gasteiger partial charge in [-0.3, -0.25) is 0 Å². The van der Waals surface area contributed by atoms with Crippen LogP contribution in [0, 0.1) is 5.92 Å². The number of hydrogen-bond acceptors (Lipinski definition) is 3.